The lowest BCUT2D eigenvalue weighted by Gasteiger charge is -2.14. The summed E-state index contributed by atoms with van der Waals surface area (Å²) in [6.07, 6.45) is 0. The molecule has 1 N–H and O–H groups in total. The van der Waals surface area contributed by atoms with Gasteiger partial charge in [0.15, 0.2) is 9.84 Å². The molecule has 0 saturated heterocycles. The quantitative estimate of drug-likeness (QED) is 0.908. The SMILES string of the molecule is O=S1(=O)CC(Nc2ccc(Cl)c(Cl)c2)c2ccccc21. The van der Waals surface area contributed by atoms with Crippen molar-refractivity contribution >= 4 is 38.7 Å². The molecule has 0 aliphatic carbocycles. The Morgan fingerprint density at radius 3 is 2.55 bits per heavy atom. The van der Waals surface area contributed by atoms with Crippen LogP contribution in [0.15, 0.2) is 47.4 Å². The van der Waals surface area contributed by atoms with Crippen LogP contribution in [-0.4, -0.2) is 14.2 Å². The lowest BCUT2D eigenvalue weighted by atomic mass is 10.1. The van der Waals surface area contributed by atoms with E-state index in [9.17, 15) is 8.42 Å². The van der Waals surface area contributed by atoms with Crippen LogP contribution in [0.4, 0.5) is 5.69 Å². The maximum atomic E-state index is 12.1. The third kappa shape index (κ3) is 2.39. The third-order valence-electron chi connectivity index (χ3n) is 3.28. The highest BCUT2D eigenvalue weighted by Gasteiger charge is 2.34. The number of benzene rings is 2. The van der Waals surface area contributed by atoms with Gasteiger partial charge in [-0.2, -0.15) is 0 Å². The van der Waals surface area contributed by atoms with Gasteiger partial charge in [0.05, 0.1) is 26.7 Å². The summed E-state index contributed by atoms with van der Waals surface area (Å²) in [5.74, 6) is 0.0482. The molecule has 104 valence electrons. The summed E-state index contributed by atoms with van der Waals surface area (Å²) in [7, 11) is -3.21. The molecule has 0 bridgehead atoms. The van der Waals surface area contributed by atoms with Crippen LogP contribution in [-0.2, 0) is 9.84 Å². The molecule has 1 atom stereocenters. The Hall–Kier alpha value is -1.23. The Bertz CT molecular complexity index is 774. The number of anilines is 1. The summed E-state index contributed by atoms with van der Waals surface area (Å²) in [6.45, 7) is 0. The van der Waals surface area contributed by atoms with Crippen molar-refractivity contribution in [2.45, 2.75) is 10.9 Å². The van der Waals surface area contributed by atoms with Crippen molar-refractivity contribution < 1.29 is 8.42 Å². The first kappa shape index (κ1) is 13.7. The fraction of sp³-hybridized carbons (Fsp3) is 0.143. The summed E-state index contributed by atoms with van der Waals surface area (Å²) in [5, 5.41) is 4.10. The molecule has 0 saturated carbocycles. The summed E-state index contributed by atoms with van der Waals surface area (Å²) < 4.78 is 24.2. The second-order valence-electron chi connectivity index (χ2n) is 4.65. The molecule has 1 aliphatic heterocycles. The standard InChI is InChI=1S/C14H11Cl2NO2S/c15-11-6-5-9(7-12(11)16)17-13-8-20(18,19)14-4-2-1-3-10(13)14/h1-7,13,17H,8H2. The molecule has 0 fully saturated rings. The molecular weight excluding hydrogens is 317 g/mol. The highest BCUT2D eigenvalue weighted by atomic mass is 35.5. The monoisotopic (exact) mass is 327 g/mol. The molecular formula is C14H11Cl2NO2S. The van der Waals surface area contributed by atoms with Crippen LogP contribution in [0.1, 0.15) is 11.6 Å². The molecule has 2 aromatic rings. The number of hydrogen-bond acceptors (Lipinski definition) is 3. The van der Waals surface area contributed by atoms with E-state index in [-0.39, 0.29) is 11.8 Å². The average Bonchev–Trinajstić information content (AvgIpc) is 2.66. The Kier molecular flexibility index (Phi) is 3.40. The second kappa shape index (κ2) is 4.95. The van der Waals surface area contributed by atoms with Gasteiger partial charge in [-0.05, 0) is 29.8 Å². The predicted octanol–water partition coefficient (Wildman–Crippen LogP) is 3.93. The van der Waals surface area contributed by atoms with E-state index in [1.165, 1.54) is 0 Å². The first-order chi connectivity index (χ1) is 9.47. The first-order valence-corrected chi connectivity index (χ1v) is 8.41. The molecule has 0 amide bonds. The fourth-order valence-electron chi connectivity index (χ4n) is 2.36. The zero-order valence-corrected chi connectivity index (χ0v) is 12.6. The molecule has 6 heteroatoms. The minimum absolute atomic E-state index is 0.0482. The largest absolute Gasteiger partial charge is 0.377 e. The smallest absolute Gasteiger partial charge is 0.181 e. The number of sulfone groups is 1. The van der Waals surface area contributed by atoms with Crippen LogP contribution >= 0.6 is 23.2 Å². The number of halogens is 2. The van der Waals surface area contributed by atoms with Crippen LogP contribution < -0.4 is 5.32 Å². The van der Waals surface area contributed by atoms with Gasteiger partial charge in [-0.1, -0.05) is 41.4 Å². The van der Waals surface area contributed by atoms with Gasteiger partial charge < -0.3 is 5.32 Å². The van der Waals surface area contributed by atoms with Gasteiger partial charge in [0.25, 0.3) is 0 Å². The summed E-state index contributed by atoms with van der Waals surface area (Å²) >= 11 is 11.8. The van der Waals surface area contributed by atoms with Gasteiger partial charge in [0.2, 0.25) is 0 Å². The Morgan fingerprint density at radius 1 is 1.05 bits per heavy atom. The minimum atomic E-state index is -3.21. The second-order valence-corrected chi connectivity index (χ2v) is 7.46. The number of hydrogen-bond donors (Lipinski definition) is 1. The van der Waals surface area contributed by atoms with Crippen LogP contribution in [0.2, 0.25) is 10.0 Å². The maximum Gasteiger partial charge on any atom is 0.181 e. The highest BCUT2D eigenvalue weighted by molar-refractivity contribution is 7.91. The zero-order valence-electron chi connectivity index (χ0n) is 10.3. The molecule has 0 radical (unpaired) electrons. The van der Waals surface area contributed by atoms with Crippen molar-refractivity contribution in [2.24, 2.45) is 0 Å². The van der Waals surface area contributed by atoms with E-state index in [0.717, 1.165) is 11.3 Å². The van der Waals surface area contributed by atoms with Gasteiger partial charge in [0.1, 0.15) is 0 Å². The molecule has 20 heavy (non-hydrogen) atoms. The third-order valence-corrected chi connectivity index (χ3v) is 5.83. The van der Waals surface area contributed by atoms with Crippen LogP contribution in [0.3, 0.4) is 0 Å². The van der Waals surface area contributed by atoms with Crippen molar-refractivity contribution in [3.8, 4) is 0 Å². The molecule has 1 unspecified atom stereocenters. The van der Waals surface area contributed by atoms with E-state index in [1.807, 2.05) is 12.1 Å². The molecule has 2 aromatic carbocycles. The van der Waals surface area contributed by atoms with Crippen LogP contribution in [0, 0.1) is 0 Å². The Labute approximate surface area is 127 Å². The highest BCUT2D eigenvalue weighted by Crippen LogP contribution is 2.36. The molecule has 3 nitrogen and oxygen atoms in total. The zero-order chi connectivity index (χ0) is 14.3. The summed E-state index contributed by atoms with van der Waals surface area (Å²) in [6, 6.07) is 11.9. The van der Waals surface area contributed by atoms with Gasteiger partial charge in [-0.15, -0.1) is 0 Å². The van der Waals surface area contributed by atoms with E-state index >= 15 is 0 Å². The van der Waals surface area contributed by atoms with E-state index < -0.39 is 9.84 Å². The van der Waals surface area contributed by atoms with Crippen LogP contribution in [0.5, 0.6) is 0 Å². The summed E-state index contributed by atoms with van der Waals surface area (Å²) in [4.78, 5) is 0.401. The van der Waals surface area contributed by atoms with E-state index in [1.54, 1.807) is 30.3 Å². The van der Waals surface area contributed by atoms with Gasteiger partial charge in [0, 0.05) is 5.69 Å². The molecule has 1 heterocycles. The Morgan fingerprint density at radius 2 is 1.80 bits per heavy atom. The number of fused-ring (bicyclic) bond motifs is 1. The lowest BCUT2D eigenvalue weighted by Crippen LogP contribution is -2.12. The predicted molar refractivity (Wildman–Crippen MR) is 81.3 cm³/mol. The lowest BCUT2D eigenvalue weighted by molar-refractivity contribution is 0.598. The van der Waals surface area contributed by atoms with E-state index in [0.29, 0.717) is 14.9 Å². The fourth-order valence-corrected chi connectivity index (χ4v) is 4.39. The maximum absolute atomic E-state index is 12.1. The van der Waals surface area contributed by atoms with E-state index in [2.05, 4.69) is 5.32 Å². The van der Waals surface area contributed by atoms with Crippen molar-refractivity contribution in [3.63, 3.8) is 0 Å². The van der Waals surface area contributed by atoms with Gasteiger partial charge >= 0.3 is 0 Å². The van der Waals surface area contributed by atoms with Crippen molar-refractivity contribution in [1.29, 1.82) is 0 Å². The molecule has 3 rings (SSSR count). The molecule has 0 spiro atoms. The topological polar surface area (TPSA) is 46.2 Å². The molecule has 0 aromatic heterocycles. The van der Waals surface area contributed by atoms with Crippen molar-refractivity contribution in [1.82, 2.24) is 0 Å². The van der Waals surface area contributed by atoms with Crippen LogP contribution in [0.25, 0.3) is 0 Å². The first-order valence-electron chi connectivity index (χ1n) is 6.01. The molecule has 1 aliphatic rings. The minimum Gasteiger partial charge on any atom is -0.377 e. The van der Waals surface area contributed by atoms with Gasteiger partial charge in [-0.25, -0.2) is 8.42 Å². The Balaban J connectivity index is 1.95. The van der Waals surface area contributed by atoms with Crippen molar-refractivity contribution in [3.05, 3.63) is 58.1 Å². The van der Waals surface area contributed by atoms with E-state index in [4.69, 9.17) is 23.2 Å². The average molecular weight is 328 g/mol. The van der Waals surface area contributed by atoms with Gasteiger partial charge in [-0.3, -0.25) is 0 Å². The summed E-state index contributed by atoms with van der Waals surface area (Å²) in [5.41, 5.74) is 1.54. The normalized spacial score (nSPS) is 19.6. The van der Waals surface area contributed by atoms with Crippen molar-refractivity contribution in [2.75, 3.05) is 11.1 Å². The number of rotatable bonds is 2. The number of nitrogens with one attached hydrogen (secondary N) is 1.